The molecule has 2 atom stereocenters. The number of aliphatic hydroxyl groups excluding tert-OH is 1. The molecule has 4 N–H and O–H groups in total. The molecule has 6 nitrogen and oxygen atoms in total. The summed E-state index contributed by atoms with van der Waals surface area (Å²) in [5.74, 6) is -0.169. The number of aryl methyl sites for hydroxylation is 1. The fourth-order valence-electron chi connectivity index (χ4n) is 3.28. The maximum atomic E-state index is 13.2. The summed E-state index contributed by atoms with van der Waals surface area (Å²) >= 11 is 1.33. The van der Waals surface area contributed by atoms with Gasteiger partial charge >= 0.3 is 0 Å². The molecule has 0 aliphatic carbocycles. The van der Waals surface area contributed by atoms with E-state index in [9.17, 15) is 13.5 Å². The molecule has 0 aliphatic rings. The van der Waals surface area contributed by atoms with Gasteiger partial charge in [0.1, 0.15) is 5.37 Å². The van der Waals surface area contributed by atoms with E-state index in [4.69, 9.17) is 5.73 Å². The van der Waals surface area contributed by atoms with Crippen LogP contribution in [-0.2, 0) is 16.3 Å². The molecule has 0 saturated carbocycles. The highest BCUT2D eigenvalue weighted by Gasteiger charge is 2.30. The number of hydrogen-bond donors (Lipinski definition) is 3. The second-order valence-corrected chi connectivity index (χ2v) is 10.6. The third kappa shape index (κ3) is 5.33. The van der Waals surface area contributed by atoms with Crippen LogP contribution < -0.4 is 11.1 Å². The van der Waals surface area contributed by atoms with Gasteiger partial charge in [-0.15, -0.1) is 0 Å². The number of thiazole rings is 1. The number of fused-ring (bicyclic) bond motifs is 1. The summed E-state index contributed by atoms with van der Waals surface area (Å²) in [6.07, 6.45) is 0.670. The van der Waals surface area contributed by atoms with Crippen LogP contribution >= 0.6 is 11.3 Å². The monoisotopic (exact) mass is 433 g/mol. The van der Waals surface area contributed by atoms with Crippen LogP contribution in [0.25, 0.3) is 10.2 Å². The largest absolute Gasteiger partial charge is 0.392 e. The number of anilines is 1. The standard InChI is InChI=1S/C21H27N3O3S2/c1-14(2)20(23-13-16(25)9-8-15-6-4-3-5-7-15)29(26,27)17-10-11-19-18(12-17)24-21(22)28-19/h3-7,10-12,14,16,20,23,25H,8-9,13H2,1-2H3,(H2,22,24)/t16-,20+/m1/s1. The number of nitrogens with zero attached hydrogens (tertiary/aromatic N) is 1. The van der Waals surface area contributed by atoms with Gasteiger partial charge in [-0.05, 0) is 42.5 Å². The zero-order valence-electron chi connectivity index (χ0n) is 16.6. The van der Waals surface area contributed by atoms with E-state index in [0.29, 0.717) is 17.1 Å². The van der Waals surface area contributed by atoms with Crippen molar-refractivity contribution in [3.8, 4) is 0 Å². The summed E-state index contributed by atoms with van der Waals surface area (Å²) < 4.78 is 27.3. The van der Waals surface area contributed by atoms with Gasteiger partial charge in [0.05, 0.1) is 21.2 Å². The van der Waals surface area contributed by atoms with Gasteiger partial charge in [0.15, 0.2) is 15.0 Å². The first-order valence-corrected chi connectivity index (χ1v) is 12.0. The Bertz CT molecular complexity index is 1050. The van der Waals surface area contributed by atoms with Crippen molar-refractivity contribution >= 4 is 36.5 Å². The number of rotatable bonds is 9. The minimum absolute atomic E-state index is 0.169. The van der Waals surface area contributed by atoms with E-state index in [1.54, 1.807) is 18.2 Å². The molecule has 3 aromatic rings. The Morgan fingerprint density at radius 2 is 1.90 bits per heavy atom. The van der Waals surface area contributed by atoms with Crippen LogP contribution in [0.15, 0.2) is 53.4 Å². The Kier molecular flexibility index (Phi) is 6.89. The van der Waals surface area contributed by atoms with Gasteiger partial charge in [-0.1, -0.05) is 55.5 Å². The van der Waals surface area contributed by atoms with E-state index >= 15 is 0 Å². The van der Waals surface area contributed by atoms with E-state index in [0.717, 1.165) is 16.7 Å². The molecular formula is C21H27N3O3S2. The Balaban J connectivity index is 1.68. The zero-order valence-corrected chi connectivity index (χ0v) is 18.2. The number of nitrogen functional groups attached to an aromatic ring is 1. The molecule has 0 saturated heterocycles. The van der Waals surface area contributed by atoms with Crippen molar-refractivity contribution in [2.24, 2.45) is 5.92 Å². The number of hydrogen-bond acceptors (Lipinski definition) is 7. The number of nitrogens with one attached hydrogen (secondary N) is 1. The van der Waals surface area contributed by atoms with Crippen molar-refractivity contribution in [1.29, 1.82) is 0 Å². The fraction of sp³-hybridized carbons (Fsp3) is 0.381. The summed E-state index contributed by atoms with van der Waals surface area (Å²) in [5.41, 5.74) is 7.46. The van der Waals surface area contributed by atoms with Gasteiger partial charge < -0.3 is 10.8 Å². The highest BCUT2D eigenvalue weighted by molar-refractivity contribution is 7.92. The lowest BCUT2D eigenvalue weighted by Crippen LogP contribution is -2.44. The molecule has 0 radical (unpaired) electrons. The average molecular weight is 434 g/mol. The van der Waals surface area contributed by atoms with E-state index < -0.39 is 21.3 Å². The molecule has 0 spiro atoms. The van der Waals surface area contributed by atoms with Crippen molar-refractivity contribution in [3.63, 3.8) is 0 Å². The van der Waals surface area contributed by atoms with Gasteiger partial charge in [-0.2, -0.15) is 0 Å². The maximum absolute atomic E-state index is 13.2. The third-order valence-electron chi connectivity index (χ3n) is 4.81. The van der Waals surface area contributed by atoms with E-state index in [1.807, 2.05) is 44.2 Å². The first kappa shape index (κ1) is 21.7. The molecule has 0 unspecified atom stereocenters. The fourth-order valence-corrected chi connectivity index (χ4v) is 5.86. The van der Waals surface area contributed by atoms with Gasteiger partial charge in [0, 0.05) is 6.54 Å². The summed E-state index contributed by atoms with van der Waals surface area (Å²) in [6, 6.07) is 14.8. The zero-order chi connectivity index (χ0) is 21.0. The molecule has 8 heteroatoms. The summed E-state index contributed by atoms with van der Waals surface area (Å²) in [7, 11) is -3.64. The molecule has 0 fully saturated rings. The summed E-state index contributed by atoms with van der Waals surface area (Å²) in [6.45, 7) is 3.91. The Hall–Kier alpha value is -2.00. The predicted molar refractivity (Wildman–Crippen MR) is 119 cm³/mol. The normalized spacial score (nSPS) is 14.3. The molecule has 0 amide bonds. The Morgan fingerprint density at radius 3 is 2.59 bits per heavy atom. The third-order valence-corrected chi connectivity index (χ3v) is 7.96. The van der Waals surface area contributed by atoms with Crippen molar-refractivity contribution < 1.29 is 13.5 Å². The number of aliphatic hydroxyl groups is 1. The first-order valence-electron chi connectivity index (χ1n) is 9.62. The van der Waals surface area contributed by atoms with Crippen LogP contribution in [0.5, 0.6) is 0 Å². The molecule has 0 aliphatic heterocycles. The van der Waals surface area contributed by atoms with Crippen LogP contribution in [0.4, 0.5) is 5.13 Å². The Labute approximate surface area is 175 Å². The lowest BCUT2D eigenvalue weighted by Gasteiger charge is -2.24. The van der Waals surface area contributed by atoms with Crippen LogP contribution in [0.1, 0.15) is 25.8 Å². The van der Waals surface area contributed by atoms with Crippen molar-refractivity contribution in [1.82, 2.24) is 10.3 Å². The van der Waals surface area contributed by atoms with Crippen LogP contribution in [-0.4, -0.2) is 36.5 Å². The van der Waals surface area contributed by atoms with Crippen molar-refractivity contribution in [2.75, 3.05) is 12.3 Å². The number of benzene rings is 2. The molecule has 29 heavy (non-hydrogen) atoms. The average Bonchev–Trinajstić information content (AvgIpc) is 3.06. The molecule has 1 heterocycles. The molecular weight excluding hydrogens is 406 g/mol. The van der Waals surface area contributed by atoms with E-state index in [-0.39, 0.29) is 17.4 Å². The number of sulfone groups is 1. The number of nitrogens with two attached hydrogens (primary N) is 1. The van der Waals surface area contributed by atoms with Gasteiger partial charge in [0.25, 0.3) is 0 Å². The lowest BCUT2D eigenvalue weighted by molar-refractivity contribution is 0.159. The van der Waals surface area contributed by atoms with Crippen LogP contribution in [0.3, 0.4) is 0 Å². The van der Waals surface area contributed by atoms with Crippen LogP contribution in [0.2, 0.25) is 0 Å². The first-order chi connectivity index (χ1) is 13.8. The second kappa shape index (κ2) is 9.21. The SMILES string of the molecule is CC(C)[C@@H](NC[C@H](O)CCc1ccccc1)S(=O)(=O)c1ccc2sc(N)nc2c1. The molecule has 156 valence electrons. The highest BCUT2D eigenvalue weighted by atomic mass is 32.2. The smallest absolute Gasteiger partial charge is 0.194 e. The van der Waals surface area contributed by atoms with Crippen molar-refractivity contribution in [3.05, 3.63) is 54.1 Å². The van der Waals surface area contributed by atoms with E-state index in [1.165, 1.54) is 11.3 Å². The second-order valence-electron chi connectivity index (χ2n) is 7.48. The minimum atomic E-state index is -3.64. The summed E-state index contributed by atoms with van der Waals surface area (Å²) in [5, 5.41) is 13.0. The Morgan fingerprint density at radius 1 is 1.17 bits per heavy atom. The van der Waals surface area contributed by atoms with Gasteiger partial charge in [-0.3, -0.25) is 5.32 Å². The lowest BCUT2D eigenvalue weighted by atomic mass is 10.1. The number of aromatic nitrogens is 1. The molecule has 0 bridgehead atoms. The molecule has 3 rings (SSSR count). The molecule has 1 aromatic heterocycles. The van der Waals surface area contributed by atoms with Gasteiger partial charge in [0.2, 0.25) is 0 Å². The minimum Gasteiger partial charge on any atom is -0.392 e. The van der Waals surface area contributed by atoms with E-state index in [2.05, 4.69) is 10.3 Å². The topological polar surface area (TPSA) is 105 Å². The predicted octanol–water partition coefficient (Wildman–Crippen LogP) is 3.22. The highest BCUT2D eigenvalue weighted by Crippen LogP contribution is 2.28. The summed E-state index contributed by atoms with van der Waals surface area (Å²) in [4.78, 5) is 4.40. The molecule has 2 aromatic carbocycles. The van der Waals surface area contributed by atoms with Crippen LogP contribution in [0, 0.1) is 5.92 Å². The maximum Gasteiger partial charge on any atom is 0.194 e. The quantitative estimate of drug-likeness (QED) is 0.478. The van der Waals surface area contributed by atoms with Gasteiger partial charge in [-0.25, -0.2) is 13.4 Å². The van der Waals surface area contributed by atoms with Crippen molar-refractivity contribution in [2.45, 2.75) is 43.1 Å².